The largest absolute Gasteiger partial charge is 0.481 e. The van der Waals surface area contributed by atoms with Gasteiger partial charge in [0.2, 0.25) is 0 Å². The molecule has 0 radical (unpaired) electrons. The molecule has 17 heavy (non-hydrogen) atoms. The van der Waals surface area contributed by atoms with Crippen LogP contribution in [0, 0.1) is 5.92 Å². The Morgan fingerprint density at radius 1 is 1.47 bits per heavy atom. The summed E-state index contributed by atoms with van der Waals surface area (Å²) in [5, 5.41) is 12.8. The van der Waals surface area contributed by atoms with E-state index in [1.165, 1.54) is 0 Å². The molecule has 0 aliphatic carbocycles. The van der Waals surface area contributed by atoms with E-state index in [1.54, 1.807) is 0 Å². The lowest BCUT2D eigenvalue weighted by atomic mass is 10.0. The molecule has 0 saturated heterocycles. The van der Waals surface area contributed by atoms with Gasteiger partial charge in [-0.25, -0.2) is 0 Å². The molecule has 0 aliphatic rings. The number of carbonyl (C=O) groups is 1. The Labute approximate surface area is 107 Å². The van der Waals surface area contributed by atoms with Gasteiger partial charge in [0.25, 0.3) is 0 Å². The fourth-order valence-corrected chi connectivity index (χ4v) is 1.84. The number of halogens is 1. The van der Waals surface area contributed by atoms with Gasteiger partial charge in [-0.15, -0.1) is 0 Å². The zero-order chi connectivity index (χ0) is 12.8. The van der Waals surface area contributed by atoms with Crippen LogP contribution in [0.4, 0.5) is 0 Å². The van der Waals surface area contributed by atoms with Crippen LogP contribution in [0.5, 0.6) is 0 Å². The van der Waals surface area contributed by atoms with E-state index in [2.05, 4.69) is 5.32 Å². The molecule has 94 valence electrons. The lowest BCUT2D eigenvalue weighted by Crippen LogP contribution is -2.35. The molecule has 4 heteroatoms. The summed E-state index contributed by atoms with van der Waals surface area (Å²) in [6, 6.07) is 7.54. The standard InChI is InChI=1S/C13H18ClNO2/c1-9(2)12(7-13(16)17)15-8-10-4-3-5-11(14)6-10/h3-6,9,12,15H,7-8H2,1-2H3,(H,16,17). The van der Waals surface area contributed by atoms with E-state index in [-0.39, 0.29) is 18.4 Å². The SMILES string of the molecule is CC(C)C(CC(=O)O)NCc1cccc(Cl)c1. The number of rotatable bonds is 6. The second kappa shape index (κ2) is 6.62. The molecule has 0 saturated carbocycles. The van der Waals surface area contributed by atoms with Crippen molar-refractivity contribution in [2.45, 2.75) is 32.9 Å². The third-order valence-corrected chi connectivity index (χ3v) is 2.89. The van der Waals surface area contributed by atoms with E-state index in [0.29, 0.717) is 11.6 Å². The molecule has 1 rings (SSSR count). The fourth-order valence-electron chi connectivity index (χ4n) is 1.63. The summed E-state index contributed by atoms with van der Waals surface area (Å²) in [4.78, 5) is 10.7. The molecule has 1 aromatic carbocycles. The molecule has 1 unspecified atom stereocenters. The van der Waals surface area contributed by atoms with Crippen molar-refractivity contribution in [3.8, 4) is 0 Å². The van der Waals surface area contributed by atoms with Gasteiger partial charge in [0.05, 0.1) is 6.42 Å². The number of aliphatic carboxylic acids is 1. The molecule has 3 nitrogen and oxygen atoms in total. The maximum absolute atomic E-state index is 10.7. The van der Waals surface area contributed by atoms with Crippen LogP contribution in [0.1, 0.15) is 25.8 Å². The monoisotopic (exact) mass is 255 g/mol. The number of carboxylic acids is 1. The van der Waals surface area contributed by atoms with Gasteiger partial charge in [0, 0.05) is 17.6 Å². The minimum absolute atomic E-state index is 0.0218. The number of benzene rings is 1. The molecule has 1 aromatic rings. The quantitative estimate of drug-likeness (QED) is 0.822. The van der Waals surface area contributed by atoms with Crippen LogP contribution in [0.15, 0.2) is 24.3 Å². The molecule has 0 aromatic heterocycles. The Kier molecular flexibility index (Phi) is 5.45. The van der Waals surface area contributed by atoms with Crippen LogP contribution in [-0.4, -0.2) is 17.1 Å². The predicted octanol–water partition coefficient (Wildman–Crippen LogP) is 2.93. The average Bonchev–Trinajstić information content (AvgIpc) is 2.23. The van der Waals surface area contributed by atoms with Crippen molar-refractivity contribution in [2.75, 3.05) is 0 Å². The van der Waals surface area contributed by atoms with Gasteiger partial charge in [-0.1, -0.05) is 37.6 Å². The molecular weight excluding hydrogens is 238 g/mol. The summed E-state index contributed by atoms with van der Waals surface area (Å²) in [5.41, 5.74) is 1.06. The van der Waals surface area contributed by atoms with Crippen molar-refractivity contribution in [3.63, 3.8) is 0 Å². The van der Waals surface area contributed by atoms with E-state index < -0.39 is 5.97 Å². The smallest absolute Gasteiger partial charge is 0.304 e. The maximum Gasteiger partial charge on any atom is 0.304 e. The van der Waals surface area contributed by atoms with Gasteiger partial charge in [0.1, 0.15) is 0 Å². The van der Waals surface area contributed by atoms with Crippen LogP contribution < -0.4 is 5.32 Å². The highest BCUT2D eigenvalue weighted by molar-refractivity contribution is 6.30. The molecule has 0 heterocycles. The highest BCUT2D eigenvalue weighted by atomic mass is 35.5. The third-order valence-electron chi connectivity index (χ3n) is 2.66. The summed E-state index contributed by atoms with van der Waals surface area (Å²) in [6.45, 7) is 4.66. The van der Waals surface area contributed by atoms with Gasteiger partial charge >= 0.3 is 5.97 Å². The molecule has 0 fully saturated rings. The molecule has 0 bridgehead atoms. The topological polar surface area (TPSA) is 49.3 Å². The number of nitrogens with one attached hydrogen (secondary N) is 1. The lowest BCUT2D eigenvalue weighted by Gasteiger charge is -2.20. The normalized spacial score (nSPS) is 12.7. The Morgan fingerprint density at radius 3 is 2.71 bits per heavy atom. The maximum atomic E-state index is 10.7. The van der Waals surface area contributed by atoms with Crippen LogP contribution in [0.25, 0.3) is 0 Å². The number of carboxylic acid groups (broad SMARTS) is 1. The highest BCUT2D eigenvalue weighted by Gasteiger charge is 2.16. The summed E-state index contributed by atoms with van der Waals surface area (Å²) >= 11 is 5.89. The van der Waals surface area contributed by atoms with E-state index >= 15 is 0 Å². The molecular formula is C13H18ClNO2. The molecule has 0 aliphatic heterocycles. The zero-order valence-electron chi connectivity index (χ0n) is 10.1. The van der Waals surface area contributed by atoms with E-state index in [1.807, 2.05) is 38.1 Å². The summed E-state index contributed by atoms with van der Waals surface area (Å²) < 4.78 is 0. The van der Waals surface area contributed by atoms with Gasteiger partial charge in [-0.05, 0) is 23.6 Å². The van der Waals surface area contributed by atoms with Crippen LogP contribution in [0.2, 0.25) is 5.02 Å². The van der Waals surface area contributed by atoms with E-state index in [9.17, 15) is 4.79 Å². The Balaban J connectivity index is 2.54. The van der Waals surface area contributed by atoms with Crippen molar-refractivity contribution < 1.29 is 9.90 Å². The molecule has 0 spiro atoms. The zero-order valence-corrected chi connectivity index (χ0v) is 10.9. The second-order valence-electron chi connectivity index (χ2n) is 4.46. The van der Waals surface area contributed by atoms with Crippen molar-refractivity contribution in [1.82, 2.24) is 5.32 Å². The number of hydrogen-bond acceptors (Lipinski definition) is 2. The first kappa shape index (κ1) is 14.0. The van der Waals surface area contributed by atoms with Crippen molar-refractivity contribution >= 4 is 17.6 Å². The van der Waals surface area contributed by atoms with Crippen LogP contribution in [-0.2, 0) is 11.3 Å². The average molecular weight is 256 g/mol. The van der Waals surface area contributed by atoms with Gasteiger partial charge in [-0.3, -0.25) is 4.79 Å². The van der Waals surface area contributed by atoms with E-state index in [4.69, 9.17) is 16.7 Å². The fraction of sp³-hybridized carbons (Fsp3) is 0.462. The Hall–Kier alpha value is -1.06. The molecule has 0 amide bonds. The summed E-state index contributed by atoms with van der Waals surface area (Å²) in [6.07, 6.45) is 0.137. The minimum atomic E-state index is -0.776. The van der Waals surface area contributed by atoms with Crippen LogP contribution >= 0.6 is 11.6 Å². The Morgan fingerprint density at radius 2 is 2.18 bits per heavy atom. The molecule has 1 atom stereocenters. The van der Waals surface area contributed by atoms with Crippen molar-refractivity contribution in [3.05, 3.63) is 34.9 Å². The van der Waals surface area contributed by atoms with Crippen molar-refractivity contribution in [2.24, 2.45) is 5.92 Å². The lowest BCUT2D eigenvalue weighted by molar-refractivity contribution is -0.137. The summed E-state index contributed by atoms with van der Waals surface area (Å²) in [7, 11) is 0. The minimum Gasteiger partial charge on any atom is -0.481 e. The van der Waals surface area contributed by atoms with Gasteiger partial charge in [0.15, 0.2) is 0 Å². The van der Waals surface area contributed by atoms with Gasteiger partial charge < -0.3 is 10.4 Å². The third kappa shape index (κ3) is 5.20. The second-order valence-corrected chi connectivity index (χ2v) is 4.90. The Bertz CT molecular complexity index is 379. The van der Waals surface area contributed by atoms with E-state index in [0.717, 1.165) is 5.56 Å². The number of hydrogen-bond donors (Lipinski definition) is 2. The first-order valence-corrected chi connectivity index (χ1v) is 6.06. The first-order valence-electron chi connectivity index (χ1n) is 5.68. The first-order chi connectivity index (χ1) is 7.99. The summed E-state index contributed by atoms with van der Waals surface area (Å²) in [5.74, 6) is -0.493. The van der Waals surface area contributed by atoms with Gasteiger partial charge in [-0.2, -0.15) is 0 Å². The predicted molar refractivity (Wildman–Crippen MR) is 69.2 cm³/mol. The molecule has 2 N–H and O–H groups in total. The highest BCUT2D eigenvalue weighted by Crippen LogP contribution is 2.12. The van der Waals surface area contributed by atoms with Crippen LogP contribution in [0.3, 0.4) is 0 Å². The van der Waals surface area contributed by atoms with Crippen molar-refractivity contribution in [1.29, 1.82) is 0 Å².